The van der Waals surface area contributed by atoms with Crippen LogP contribution in [0.4, 0.5) is 0 Å². The number of aromatic nitrogens is 3. The molecule has 0 spiro atoms. The van der Waals surface area contributed by atoms with Crippen LogP contribution in [0.1, 0.15) is 16.2 Å². The van der Waals surface area contributed by atoms with E-state index in [4.69, 9.17) is 9.90 Å². The van der Waals surface area contributed by atoms with Crippen LogP contribution in [0.15, 0.2) is 41.5 Å². The maximum absolute atomic E-state index is 12.6. The summed E-state index contributed by atoms with van der Waals surface area (Å²) in [5.74, 6) is 0.0279. The number of nitrogens with one attached hydrogen (secondary N) is 1. The fourth-order valence-corrected chi connectivity index (χ4v) is 3.32. The summed E-state index contributed by atoms with van der Waals surface area (Å²) < 4.78 is 0. The Morgan fingerprint density at radius 1 is 1.13 bits per heavy atom. The van der Waals surface area contributed by atoms with Gasteiger partial charge in [0.25, 0.3) is 17.9 Å². The van der Waals surface area contributed by atoms with E-state index >= 15 is 0 Å². The van der Waals surface area contributed by atoms with Crippen molar-refractivity contribution in [1.82, 2.24) is 24.8 Å². The molecule has 4 rings (SSSR count). The number of amides is 1. The Morgan fingerprint density at radius 3 is 2.40 bits per heavy atom. The number of rotatable bonds is 2. The summed E-state index contributed by atoms with van der Waals surface area (Å²) in [6, 6.07) is 7.57. The number of fused-ring (bicyclic) bond motifs is 1. The molecule has 1 aliphatic rings. The van der Waals surface area contributed by atoms with Crippen molar-refractivity contribution >= 4 is 23.2 Å². The van der Waals surface area contributed by atoms with Gasteiger partial charge in [-0.1, -0.05) is 12.1 Å². The molecule has 30 heavy (non-hydrogen) atoms. The minimum absolute atomic E-state index is 0.149. The first-order chi connectivity index (χ1) is 14.4. The van der Waals surface area contributed by atoms with Crippen molar-refractivity contribution in [1.29, 1.82) is 0 Å². The number of hydrogen-bond donors (Lipinski definition) is 2. The Bertz CT molecular complexity index is 1100. The van der Waals surface area contributed by atoms with Gasteiger partial charge < -0.3 is 19.9 Å². The number of aryl methyl sites for hydroxylation is 1. The van der Waals surface area contributed by atoms with Gasteiger partial charge in [0.15, 0.2) is 0 Å². The van der Waals surface area contributed by atoms with Gasteiger partial charge in [-0.2, -0.15) is 0 Å². The standard InChI is InChI=1S/C20H21N5O2.CH2O2/c1-13-4-3-5-15-16(13)10-17(23-19(15)26)14-11-21-18(22-12-14)20(27)25-8-6-24(2)7-9-25;2-1-3/h3-5,10-12H,6-9H2,1-2H3,(H,23,26);1H,(H,2,3). The first kappa shape index (κ1) is 21.1. The lowest BCUT2D eigenvalue weighted by atomic mass is 10.1. The highest BCUT2D eigenvalue weighted by Crippen LogP contribution is 2.21. The molecule has 1 saturated heterocycles. The number of carbonyl (C=O) groups is 2. The van der Waals surface area contributed by atoms with Crippen LogP contribution in [0.5, 0.6) is 0 Å². The van der Waals surface area contributed by atoms with Crippen LogP contribution in [0, 0.1) is 6.92 Å². The number of aromatic amines is 1. The molecule has 1 amide bonds. The lowest BCUT2D eigenvalue weighted by Gasteiger charge is -2.31. The molecule has 2 N–H and O–H groups in total. The van der Waals surface area contributed by atoms with Gasteiger partial charge in [0.2, 0.25) is 5.82 Å². The topological polar surface area (TPSA) is 119 Å². The molecule has 0 bridgehead atoms. The second-order valence-corrected chi connectivity index (χ2v) is 7.04. The van der Waals surface area contributed by atoms with Gasteiger partial charge in [0.05, 0.1) is 5.69 Å². The van der Waals surface area contributed by atoms with Crippen LogP contribution < -0.4 is 5.56 Å². The smallest absolute Gasteiger partial charge is 0.291 e. The number of H-pyrrole nitrogens is 1. The van der Waals surface area contributed by atoms with Crippen molar-refractivity contribution in [2.24, 2.45) is 0 Å². The Hall–Kier alpha value is -3.59. The molecule has 1 fully saturated rings. The van der Waals surface area contributed by atoms with E-state index in [9.17, 15) is 9.59 Å². The zero-order valence-electron chi connectivity index (χ0n) is 16.8. The van der Waals surface area contributed by atoms with Crippen molar-refractivity contribution in [3.05, 3.63) is 58.4 Å². The number of carbonyl (C=O) groups excluding carboxylic acids is 1. The predicted octanol–water partition coefficient (Wildman–Crippen LogP) is 1.38. The van der Waals surface area contributed by atoms with E-state index in [-0.39, 0.29) is 23.8 Å². The first-order valence-corrected chi connectivity index (χ1v) is 9.45. The third-order valence-electron chi connectivity index (χ3n) is 5.05. The molecule has 0 aliphatic carbocycles. The van der Waals surface area contributed by atoms with E-state index in [0.29, 0.717) is 29.7 Å². The first-order valence-electron chi connectivity index (χ1n) is 9.45. The summed E-state index contributed by atoms with van der Waals surface area (Å²) in [5, 5.41) is 8.44. The summed E-state index contributed by atoms with van der Waals surface area (Å²) in [6.45, 7) is 4.78. The van der Waals surface area contributed by atoms with Gasteiger partial charge >= 0.3 is 0 Å². The molecule has 2 aromatic heterocycles. The number of benzene rings is 1. The highest BCUT2D eigenvalue weighted by Gasteiger charge is 2.22. The van der Waals surface area contributed by atoms with Gasteiger partial charge in [-0.15, -0.1) is 0 Å². The third-order valence-corrected chi connectivity index (χ3v) is 5.05. The van der Waals surface area contributed by atoms with Crippen molar-refractivity contribution < 1.29 is 14.7 Å². The second-order valence-electron chi connectivity index (χ2n) is 7.04. The largest absolute Gasteiger partial charge is 0.483 e. The van der Waals surface area contributed by atoms with E-state index in [1.165, 1.54) is 0 Å². The minimum atomic E-state index is -0.250. The molecule has 9 heteroatoms. The van der Waals surface area contributed by atoms with E-state index in [0.717, 1.165) is 24.0 Å². The normalized spacial score (nSPS) is 14.1. The maximum Gasteiger partial charge on any atom is 0.291 e. The minimum Gasteiger partial charge on any atom is -0.483 e. The molecule has 1 aliphatic heterocycles. The summed E-state index contributed by atoms with van der Waals surface area (Å²) in [7, 11) is 2.04. The van der Waals surface area contributed by atoms with Crippen LogP contribution in [-0.4, -0.2) is 75.5 Å². The van der Waals surface area contributed by atoms with Crippen LogP contribution >= 0.6 is 0 Å². The monoisotopic (exact) mass is 409 g/mol. The molecule has 1 aromatic carbocycles. The number of pyridine rings is 1. The Balaban J connectivity index is 0.000000806. The van der Waals surface area contributed by atoms with Gasteiger partial charge in [0, 0.05) is 49.5 Å². The molecule has 9 nitrogen and oxygen atoms in total. The lowest BCUT2D eigenvalue weighted by molar-refractivity contribution is -0.122. The third kappa shape index (κ3) is 4.52. The fraction of sp³-hybridized carbons (Fsp3) is 0.286. The highest BCUT2D eigenvalue weighted by atomic mass is 16.3. The molecule has 0 atom stereocenters. The molecule has 0 unspecified atom stereocenters. The van der Waals surface area contributed by atoms with Gasteiger partial charge in [-0.05, 0) is 37.1 Å². The van der Waals surface area contributed by atoms with Crippen LogP contribution in [0.3, 0.4) is 0 Å². The van der Waals surface area contributed by atoms with Crippen LogP contribution in [0.2, 0.25) is 0 Å². The van der Waals surface area contributed by atoms with Crippen molar-refractivity contribution in [2.45, 2.75) is 6.92 Å². The van der Waals surface area contributed by atoms with Crippen molar-refractivity contribution in [3.63, 3.8) is 0 Å². The Labute approximate surface area is 173 Å². The number of carboxylic acid groups (broad SMARTS) is 1. The fourth-order valence-electron chi connectivity index (χ4n) is 3.32. The predicted molar refractivity (Wildman–Crippen MR) is 112 cm³/mol. The summed E-state index contributed by atoms with van der Waals surface area (Å²) in [4.78, 5) is 48.6. The summed E-state index contributed by atoms with van der Waals surface area (Å²) >= 11 is 0. The van der Waals surface area contributed by atoms with Gasteiger partial charge in [-0.3, -0.25) is 14.4 Å². The van der Waals surface area contributed by atoms with E-state index in [2.05, 4.69) is 19.9 Å². The Kier molecular flexibility index (Phi) is 6.53. The zero-order valence-corrected chi connectivity index (χ0v) is 16.8. The Morgan fingerprint density at radius 2 is 1.77 bits per heavy atom. The van der Waals surface area contributed by atoms with Gasteiger partial charge in [0.1, 0.15) is 0 Å². The molecule has 156 valence electrons. The van der Waals surface area contributed by atoms with Crippen LogP contribution in [-0.2, 0) is 4.79 Å². The quantitative estimate of drug-likeness (QED) is 0.614. The van der Waals surface area contributed by atoms with E-state index in [1.807, 2.05) is 32.2 Å². The average molecular weight is 409 g/mol. The maximum atomic E-state index is 12.6. The lowest BCUT2D eigenvalue weighted by Crippen LogP contribution is -2.47. The zero-order chi connectivity index (χ0) is 21.7. The molecular weight excluding hydrogens is 386 g/mol. The van der Waals surface area contributed by atoms with Crippen LogP contribution in [0.25, 0.3) is 22.0 Å². The summed E-state index contributed by atoms with van der Waals surface area (Å²) in [6.07, 6.45) is 3.18. The summed E-state index contributed by atoms with van der Waals surface area (Å²) in [5.41, 5.74) is 2.19. The number of piperazine rings is 1. The molecule has 0 radical (unpaired) electrons. The molecule has 3 heterocycles. The number of likely N-dealkylation sites (N-methyl/N-ethyl adjacent to an activating group) is 1. The van der Waals surface area contributed by atoms with E-state index in [1.54, 1.807) is 23.4 Å². The van der Waals surface area contributed by atoms with Crippen molar-refractivity contribution in [3.8, 4) is 11.3 Å². The van der Waals surface area contributed by atoms with Gasteiger partial charge in [-0.25, -0.2) is 9.97 Å². The number of nitrogens with zero attached hydrogens (tertiary/aromatic N) is 4. The molecular formula is C21H23N5O4. The second kappa shape index (κ2) is 9.27. The van der Waals surface area contributed by atoms with E-state index < -0.39 is 0 Å². The average Bonchev–Trinajstić information content (AvgIpc) is 2.75. The SMILES string of the molecule is Cc1cccc2c(=O)[nH]c(-c3cnc(C(=O)N4CCN(C)CC4)nc3)cc12.O=CO. The van der Waals surface area contributed by atoms with Crippen molar-refractivity contribution in [2.75, 3.05) is 33.2 Å². The molecule has 3 aromatic rings. The highest BCUT2D eigenvalue weighted by molar-refractivity contribution is 5.91. The number of hydrogen-bond acceptors (Lipinski definition) is 6. The molecule has 0 saturated carbocycles.